The van der Waals surface area contributed by atoms with Crippen LogP contribution >= 0.6 is 46.6 Å². The Kier molecular flexibility index (Phi) is 13.9. The molecule has 1 saturated carbocycles. The van der Waals surface area contributed by atoms with Crippen molar-refractivity contribution in [2.45, 2.75) is 66.7 Å². The van der Waals surface area contributed by atoms with E-state index in [-0.39, 0.29) is 11.6 Å². The molecule has 0 bridgehead atoms. The Labute approximate surface area is 325 Å². The van der Waals surface area contributed by atoms with Crippen molar-refractivity contribution in [2.75, 3.05) is 44.4 Å². The summed E-state index contributed by atoms with van der Waals surface area (Å²) in [6, 6.07) is 28.1. The maximum absolute atomic E-state index is 10.2. The molecule has 3 aliphatic rings. The summed E-state index contributed by atoms with van der Waals surface area (Å²) in [6.07, 6.45) is 8.34. The fourth-order valence-electron chi connectivity index (χ4n) is 6.87. The standard InChI is InChI=1S/C32H38ClN3O2S.C8H6Cl2O3/c33-28-9-4-5-10-29(28)39-27-17-18-32(34-23-27,24-13-15-25(16-14-24)36-19-21-37-22-20-36)30-11-6-12-31(35-30)38-26-7-2-1-3-8-26;9-5-1-2-7(6(10)3-5)13-4-8(11)12/h4-6,9-16,26-27,34H,1-3,7-8,17-23H2;1-3H,4H2,(H,11,12). The molecule has 0 amide bonds. The molecule has 52 heavy (non-hydrogen) atoms. The molecule has 3 heterocycles. The zero-order chi connectivity index (χ0) is 36.3. The first-order chi connectivity index (χ1) is 25.3. The molecule has 4 aromatic rings. The molecule has 3 aromatic carbocycles. The van der Waals surface area contributed by atoms with Crippen molar-refractivity contribution in [3.63, 3.8) is 0 Å². The number of ether oxygens (including phenoxy) is 3. The molecule has 2 unspecified atom stereocenters. The van der Waals surface area contributed by atoms with Gasteiger partial charge < -0.3 is 29.5 Å². The molecular weight excluding hydrogens is 741 g/mol. The van der Waals surface area contributed by atoms with Crippen LogP contribution in [0.2, 0.25) is 15.1 Å². The van der Waals surface area contributed by atoms with E-state index in [1.165, 1.54) is 42.6 Å². The van der Waals surface area contributed by atoms with Crippen LogP contribution in [0.1, 0.15) is 56.2 Å². The topological polar surface area (TPSA) is 93.2 Å². The summed E-state index contributed by atoms with van der Waals surface area (Å²) in [5.41, 5.74) is 3.18. The number of carboxylic acid groups (broad SMARTS) is 1. The molecule has 12 heteroatoms. The zero-order valence-electron chi connectivity index (χ0n) is 28.9. The maximum atomic E-state index is 10.2. The van der Waals surface area contributed by atoms with Crippen molar-refractivity contribution < 1.29 is 24.1 Å². The van der Waals surface area contributed by atoms with Crippen LogP contribution in [0, 0.1) is 0 Å². The normalized spacial score (nSPS) is 20.8. The van der Waals surface area contributed by atoms with E-state index in [0.29, 0.717) is 21.0 Å². The Morgan fingerprint density at radius 3 is 2.38 bits per heavy atom. The summed E-state index contributed by atoms with van der Waals surface area (Å²) < 4.78 is 16.8. The van der Waals surface area contributed by atoms with Crippen LogP contribution in [0.5, 0.6) is 11.6 Å². The number of hydrogen-bond donors (Lipinski definition) is 2. The lowest BCUT2D eigenvalue weighted by Gasteiger charge is -2.42. The number of nitrogens with zero attached hydrogens (tertiary/aromatic N) is 2. The smallest absolute Gasteiger partial charge is 0.341 e. The third-order valence-corrected chi connectivity index (χ3v) is 11.9. The monoisotopic (exact) mass is 783 g/mol. The van der Waals surface area contributed by atoms with Gasteiger partial charge in [0.05, 0.1) is 34.5 Å². The molecule has 2 aliphatic heterocycles. The molecule has 0 radical (unpaired) electrons. The number of benzene rings is 3. The van der Waals surface area contributed by atoms with Gasteiger partial charge in [0.1, 0.15) is 11.9 Å². The van der Waals surface area contributed by atoms with Gasteiger partial charge in [-0.2, -0.15) is 0 Å². The van der Waals surface area contributed by atoms with Crippen molar-refractivity contribution in [1.82, 2.24) is 10.3 Å². The summed E-state index contributed by atoms with van der Waals surface area (Å²) in [5.74, 6) is 0.0116. The van der Waals surface area contributed by atoms with Gasteiger partial charge >= 0.3 is 5.97 Å². The Morgan fingerprint density at radius 2 is 1.69 bits per heavy atom. The third kappa shape index (κ3) is 10.3. The van der Waals surface area contributed by atoms with Crippen LogP contribution in [-0.4, -0.2) is 66.9 Å². The number of hydrogen-bond acceptors (Lipinski definition) is 8. The van der Waals surface area contributed by atoms with E-state index in [0.717, 1.165) is 80.0 Å². The molecule has 2 N–H and O–H groups in total. The van der Waals surface area contributed by atoms with Crippen LogP contribution in [0.3, 0.4) is 0 Å². The van der Waals surface area contributed by atoms with E-state index in [9.17, 15) is 4.79 Å². The number of aliphatic carboxylic acids is 1. The highest BCUT2D eigenvalue weighted by molar-refractivity contribution is 8.00. The highest BCUT2D eigenvalue weighted by Crippen LogP contribution is 2.42. The Morgan fingerprint density at radius 1 is 0.923 bits per heavy atom. The van der Waals surface area contributed by atoms with Crippen molar-refractivity contribution >= 4 is 58.2 Å². The van der Waals surface area contributed by atoms with E-state index in [2.05, 4.69) is 58.7 Å². The first-order valence-corrected chi connectivity index (χ1v) is 19.8. The molecule has 1 aliphatic carbocycles. The van der Waals surface area contributed by atoms with Gasteiger partial charge in [0, 0.05) is 46.6 Å². The minimum Gasteiger partial charge on any atom is -0.480 e. The predicted molar refractivity (Wildman–Crippen MR) is 210 cm³/mol. The minimum absolute atomic E-state index is 0.279. The number of carbonyl (C=O) groups is 1. The maximum Gasteiger partial charge on any atom is 0.341 e. The number of pyridine rings is 1. The Bertz CT molecular complexity index is 1760. The lowest BCUT2D eigenvalue weighted by Crippen LogP contribution is -2.51. The lowest BCUT2D eigenvalue weighted by molar-refractivity contribution is -0.139. The van der Waals surface area contributed by atoms with Gasteiger partial charge in [-0.25, -0.2) is 9.78 Å². The molecule has 2 saturated heterocycles. The van der Waals surface area contributed by atoms with Crippen molar-refractivity contribution in [3.8, 4) is 11.6 Å². The second-order valence-corrected chi connectivity index (χ2v) is 15.7. The first kappa shape index (κ1) is 38.5. The predicted octanol–water partition coefficient (Wildman–Crippen LogP) is 9.53. The second-order valence-electron chi connectivity index (χ2n) is 13.1. The molecule has 7 rings (SSSR count). The average molecular weight is 785 g/mol. The summed E-state index contributed by atoms with van der Waals surface area (Å²) >= 11 is 19.7. The van der Waals surface area contributed by atoms with Gasteiger partial charge in [0.25, 0.3) is 0 Å². The fourth-order valence-corrected chi connectivity index (χ4v) is 8.70. The summed E-state index contributed by atoms with van der Waals surface area (Å²) in [4.78, 5) is 18.8. The Hall–Kier alpha value is -3.18. The number of rotatable bonds is 10. The molecule has 1 aromatic heterocycles. The Balaban J connectivity index is 0.000000303. The molecule has 0 spiro atoms. The SMILES string of the molecule is Clc1ccccc1SC1CCC(c2ccc(N3CCOCC3)cc2)(c2cccc(OC3CCCCC3)n2)NC1.O=C(O)COc1ccc(Cl)cc1Cl. The third-order valence-electron chi connectivity index (χ3n) is 9.58. The number of aromatic nitrogens is 1. The number of morpholine rings is 1. The van der Waals surface area contributed by atoms with Crippen molar-refractivity contribution in [1.29, 1.82) is 0 Å². The minimum atomic E-state index is -1.05. The van der Waals surface area contributed by atoms with Crippen LogP contribution in [-0.2, 0) is 15.1 Å². The number of carboxylic acids is 1. The van der Waals surface area contributed by atoms with Gasteiger partial charge in [-0.1, -0.05) is 71.6 Å². The van der Waals surface area contributed by atoms with Crippen LogP contribution in [0.4, 0.5) is 5.69 Å². The highest BCUT2D eigenvalue weighted by atomic mass is 35.5. The molecule has 3 fully saturated rings. The quantitative estimate of drug-likeness (QED) is 0.163. The van der Waals surface area contributed by atoms with E-state index < -0.39 is 12.6 Å². The second kappa shape index (κ2) is 18.7. The van der Waals surface area contributed by atoms with Crippen molar-refractivity contribution in [2.24, 2.45) is 0 Å². The fraction of sp³-hybridized carbons (Fsp3) is 0.400. The van der Waals surface area contributed by atoms with E-state index in [1.807, 2.05) is 30.0 Å². The summed E-state index contributed by atoms with van der Waals surface area (Å²) in [5, 5.41) is 14.3. The van der Waals surface area contributed by atoms with Crippen LogP contribution in [0.15, 0.2) is 89.8 Å². The van der Waals surface area contributed by atoms with Gasteiger partial charge in [0.2, 0.25) is 5.88 Å². The van der Waals surface area contributed by atoms with Gasteiger partial charge in [-0.05, 0) is 92.6 Å². The number of piperidine rings is 1. The van der Waals surface area contributed by atoms with Gasteiger partial charge in [-0.15, -0.1) is 11.8 Å². The molecule has 8 nitrogen and oxygen atoms in total. The van der Waals surface area contributed by atoms with Gasteiger partial charge in [0.15, 0.2) is 6.61 Å². The summed E-state index contributed by atoms with van der Waals surface area (Å²) in [7, 11) is 0. The number of thioether (sulfide) groups is 1. The largest absolute Gasteiger partial charge is 0.480 e. The molecule has 276 valence electrons. The number of halogens is 3. The van der Waals surface area contributed by atoms with Crippen molar-refractivity contribution in [3.05, 3.63) is 111 Å². The average Bonchev–Trinajstić information content (AvgIpc) is 3.17. The number of nitrogens with one attached hydrogen (secondary N) is 1. The lowest BCUT2D eigenvalue weighted by atomic mass is 9.79. The molecular formula is C40H44Cl3N3O5S. The number of anilines is 1. The van der Waals surface area contributed by atoms with Crippen LogP contribution in [0.25, 0.3) is 0 Å². The van der Waals surface area contributed by atoms with E-state index in [1.54, 1.807) is 6.07 Å². The first-order valence-electron chi connectivity index (χ1n) is 17.8. The van der Waals surface area contributed by atoms with Crippen LogP contribution < -0.4 is 19.7 Å². The zero-order valence-corrected chi connectivity index (χ0v) is 32.0. The van der Waals surface area contributed by atoms with E-state index >= 15 is 0 Å². The van der Waals surface area contributed by atoms with Gasteiger partial charge in [-0.3, -0.25) is 0 Å². The highest BCUT2D eigenvalue weighted by Gasteiger charge is 2.40. The molecule has 2 atom stereocenters. The van der Waals surface area contributed by atoms with E-state index in [4.69, 9.17) is 59.1 Å². The summed E-state index contributed by atoms with van der Waals surface area (Å²) in [6.45, 7) is 3.90.